The summed E-state index contributed by atoms with van der Waals surface area (Å²) < 4.78 is 98.0. The molecule has 1 atom stereocenters. The lowest BCUT2D eigenvalue weighted by Gasteiger charge is -2.40. The van der Waals surface area contributed by atoms with Crippen LogP contribution < -0.4 is 14.9 Å². The van der Waals surface area contributed by atoms with Gasteiger partial charge in [-0.2, -0.15) is 18.2 Å². The standard InChI is InChI=1S/C44H48Cl2F3N7O4S3/c1-29(21-25-61-35-14-12-33(13-15-35)54(2)3)50-39-17-16-36(26-41(39)62(57,58)44(47,48)49)63(59,60)53-42-38-20-24-56(28-40(38)51-43(46)52-42)34-18-22-55(23-19-34)27-31-6-4-5-7-37(31)30-8-10-32(45)11-9-30/h4-17,26,29,34,50H,18-25,27-28H2,1-3H3,(H,51,52,53)/t29-/m1/s1. The minimum atomic E-state index is -5.98. The van der Waals surface area contributed by atoms with Gasteiger partial charge in [0.25, 0.3) is 19.9 Å². The fourth-order valence-corrected chi connectivity index (χ4v) is 11.4. The summed E-state index contributed by atoms with van der Waals surface area (Å²) >= 11 is 14.0. The summed E-state index contributed by atoms with van der Waals surface area (Å²) in [4.78, 5) is 14.4. The van der Waals surface area contributed by atoms with Crippen LogP contribution in [0.15, 0.2) is 106 Å². The molecule has 0 unspecified atom stereocenters. The van der Waals surface area contributed by atoms with E-state index in [9.17, 15) is 30.0 Å². The highest BCUT2D eigenvalue weighted by Crippen LogP contribution is 2.38. The number of piperidine rings is 1. The number of sulfonamides is 1. The molecule has 1 fully saturated rings. The van der Waals surface area contributed by atoms with Gasteiger partial charge in [0.2, 0.25) is 5.28 Å². The molecule has 5 aromatic rings. The van der Waals surface area contributed by atoms with Gasteiger partial charge in [0.1, 0.15) is 10.7 Å². The van der Waals surface area contributed by atoms with Gasteiger partial charge in [-0.1, -0.05) is 48.0 Å². The number of fused-ring (bicyclic) bond motifs is 1. The number of nitrogens with one attached hydrogen (secondary N) is 2. The number of hydrogen-bond acceptors (Lipinski definition) is 11. The molecule has 19 heteroatoms. The Labute approximate surface area is 381 Å². The van der Waals surface area contributed by atoms with E-state index in [-0.39, 0.29) is 22.8 Å². The maximum Gasteiger partial charge on any atom is 0.501 e. The van der Waals surface area contributed by atoms with Crippen LogP contribution in [0.4, 0.5) is 30.4 Å². The van der Waals surface area contributed by atoms with Gasteiger partial charge in [0.05, 0.1) is 16.3 Å². The van der Waals surface area contributed by atoms with Crippen LogP contribution in [0.1, 0.15) is 43.0 Å². The zero-order valence-corrected chi connectivity index (χ0v) is 38.8. The number of halogens is 5. The van der Waals surface area contributed by atoms with Crippen molar-refractivity contribution in [2.45, 2.75) is 78.0 Å². The van der Waals surface area contributed by atoms with Crippen molar-refractivity contribution in [3.05, 3.63) is 118 Å². The molecule has 0 bridgehead atoms. The Morgan fingerprint density at radius 1 is 0.905 bits per heavy atom. The van der Waals surface area contributed by atoms with Crippen LogP contribution in [0.3, 0.4) is 0 Å². The lowest BCUT2D eigenvalue weighted by molar-refractivity contribution is -0.0435. The summed E-state index contributed by atoms with van der Waals surface area (Å²) in [5.41, 5.74) is -0.464. The molecule has 2 N–H and O–H groups in total. The molecule has 3 heterocycles. The molecule has 4 aromatic carbocycles. The summed E-state index contributed by atoms with van der Waals surface area (Å²) in [5.74, 6) is 0.474. The van der Waals surface area contributed by atoms with E-state index in [1.54, 1.807) is 18.7 Å². The number of sulfone groups is 1. The third-order valence-electron chi connectivity index (χ3n) is 11.4. The number of alkyl halides is 3. The SMILES string of the molecule is C[C@H](CCSc1ccc(N(C)C)cc1)Nc1ccc(S(=O)(=O)Nc2nc(Cl)nc3c2CCN(C2CCN(Cc4ccccc4-c4ccc(Cl)cc4)CC2)C3)cc1S(=O)(=O)C(F)(F)F. The number of benzene rings is 4. The second-order valence-electron chi connectivity index (χ2n) is 15.9. The van der Waals surface area contributed by atoms with Crippen LogP contribution in [0.5, 0.6) is 0 Å². The molecule has 0 amide bonds. The Bertz CT molecular complexity index is 2630. The fourth-order valence-electron chi connectivity index (χ4n) is 7.92. The molecule has 336 valence electrons. The molecule has 1 saturated heterocycles. The Morgan fingerprint density at radius 3 is 2.29 bits per heavy atom. The third kappa shape index (κ3) is 11.2. The first-order chi connectivity index (χ1) is 29.9. The summed E-state index contributed by atoms with van der Waals surface area (Å²) in [6.07, 6.45) is 2.67. The van der Waals surface area contributed by atoms with Crippen LogP contribution >= 0.6 is 35.0 Å². The summed E-state index contributed by atoms with van der Waals surface area (Å²) in [6.45, 7) is 5.25. The zero-order chi connectivity index (χ0) is 45.1. The second kappa shape index (κ2) is 19.6. The zero-order valence-electron chi connectivity index (χ0n) is 34.9. The predicted molar refractivity (Wildman–Crippen MR) is 246 cm³/mol. The van der Waals surface area contributed by atoms with Gasteiger partial charge in [-0.15, -0.1) is 11.8 Å². The molecule has 2 aliphatic heterocycles. The van der Waals surface area contributed by atoms with Crippen molar-refractivity contribution < 1.29 is 30.0 Å². The molecule has 0 spiro atoms. The Kier molecular flexibility index (Phi) is 14.6. The van der Waals surface area contributed by atoms with Gasteiger partial charge < -0.3 is 10.2 Å². The summed E-state index contributed by atoms with van der Waals surface area (Å²) in [5, 5.41) is 3.35. The molecular weight excluding hydrogens is 915 g/mol. The number of anilines is 3. The first-order valence-corrected chi connectivity index (χ1v) is 25.1. The highest BCUT2D eigenvalue weighted by molar-refractivity contribution is 7.99. The Morgan fingerprint density at radius 2 is 1.60 bits per heavy atom. The van der Waals surface area contributed by atoms with E-state index in [1.807, 2.05) is 79.7 Å². The van der Waals surface area contributed by atoms with Crippen molar-refractivity contribution >= 4 is 72.0 Å². The molecule has 2 aliphatic rings. The average molecular weight is 963 g/mol. The first kappa shape index (κ1) is 46.9. The van der Waals surface area contributed by atoms with Crippen molar-refractivity contribution in [3.8, 4) is 11.1 Å². The van der Waals surface area contributed by atoms with Crippen molar-refractivity contribution in [1.82, 2.24) is 19.8 Å². The van der Waals surface area contributed by atoms with Crippen LogP contribution in [-0.2, 0) is 39.4 Å². The van der Waals surface area contributed by atoms with E-state index >= 15 is 0 Å². The van der Waals surface area contributed by atoms with Gasteiger partial charge >= 0.3 is 5.51 Å². The quantitative estimate of drug-likeness (QED) is 0.0770. The number of nitrogens with zero attached hydrogens (tertiary/aromatic N) is 5. The second-order valence-corrected chi connectivity index (χ2v) is 21.5. The van der Waals surface area contributed by atoms with Crippen LogP contribution in [0.2, 0.25) is 10.3 Å². The number of thioether (sulfide) groups is 1. The maximum absolute atomic E-state index is 14.0. The van der Waals surface area contributed by atoms with Crippen molar-refractivity contribution in [2.75, 3.05) is 54.4 Å². The highest BCUT2D eigenvalue weighted by Gasteiger charge is 2.48. The topological polar surface area (TPSA) is 128 Å². The molecule has 63 heavy (non-hydrogen) atoms. The monoisotopic (exact) mass is 961 g/mol. The van der Waals surface area contributed by atoms with Crippen LogP contribution in [0.25, 0.3) is 11.1 Å². The van der Waals surface area contributed by atoms with Crippen molar-refractivity contribution in [1.29, 1.82) is 0 Å². The maximum atomic E-state index is 14.0. The number of likely N-dealkylation sites (tertiary alicyclic amines) is 1. The Balaban J connectivity index is 1.01. The number of hydrogen-bond donors (Lipinski definition) is 2. The molecular formula is C44H48Cl2F3N7O4S3. The van der Waals surface area contributed by atoms with Crippen LogP contribution in [0, 0.1) is 0 Å². The van der Waals surface area contributed by atoms with Crippen molar-refractivity contribution in [3.63, 3.8) is 0 Å². The first-order valence-electron chi connectivity index (χ1n) is 20.4. The van der Waals surface area contributed by atoms with Gasteiger partial charge in [0, 0.05) is 67.0 Å². The summed E-state index contributed by atoms with van der Waals surface area (Å²) in [7, 11) is -6.78. The minimum absolute atomic E-state index is 0.108. The smallest absolute Gasteiger partial charge is 0.382 e. The van der Waals surface area contributed by atoms with E-state index in [1.165, 1.54) is 11.1 Å². The van der Waals surface area contributed by atoms with E-state index in [2.05, 4.69) is 41.9 Å². The van der Waals surface area contributed by atoms with Crippen LogP contribution in [-0.4, -0.2) is 93.7 Å². The molecule has 0 radical (unpaired) electrons. The normalized spacial score (nSPS) is 16.1. The minimum Gasteiger partial charge on any atom is -0.382 e. The molecule has 0 aliphatic carbocycles. The third-order valence-corrected chi connectivity index (χ3v) is 15.7. The van der Waals surface area contributed by atoms with Crippen molar-refractivity contribution in [2.24, 2.45) is 0 Å². The molecule has 1 aromatic heterocycles. The van der Waals surface area contributed by atoms with Gasteiger partial charge in [0.15, 0.2) is 0 Å². The lowest BCUT2D eigenvalue weighted by Crippen LogP contribution is -2.46. The molecule has 0 saturated carbocycles. The van der Waals surface area contributed by atoms with Gasteiger partial charge in [-0.25, -0.2) is 21.8 Å². The number of aromatic nitrogens is 2. The predicted octanol–water partition coefficient (Wildman–Crippen LogP) is 9.62. The average Bonchev–Trinajstić information content (AvgIpc) is 3.24. The molecule has 11 nitrogen and oxygen atoms in total. The lowest BCUT2D eigenvalue weighted by atomic mass is 9.96. The van der Waals surface area contributed by atoms with Gasteiger partial charge in [-0.05, 0) is 134 Å². The fraction of sp³-hybridized carbons (Fsp3) is 0.364. The van der Waals surface area contributed by atoms with E-state index in [4.69, 9.17) is 23.2 Å². The molecule has 7 rings (SSSR count). The largest absolute Gasteiger partial charge is 0.501 e. The number of rotatable bonds is 15. The Hall–Kier alpha value is -4.10. The van der Waals surface area contributed by atoms with E-state index in [0.29, 0.717) is 54.0 Å². The van der Waals surface area contributed by atoms with Gasteiger partial charge in [-0.3, -0.25) is 14.5 Å². The van der Waals surface area contributed by atoms with E-state index < -0.39 is 41.2 Å². The van der Waals surface area contributed by atoms with E-state index in [0.717, 1.165) is 60.8 Å². The summed E-state index contributed by atoms with van der Waals surface area (Å²) in [6, 6.07) is 26.5. The highest BCUT2D eigenvalue weighted by atomic mass is 35.5.